The lowest BCUT2D eigenvalue weighted by atomic mass is 10.1. The molecule has 0 amide bonds. The Labute approximate surface area is 106 Å². The zero-order valence-corrected chi connectivity index (χ0v) is 10.7. The highest BCUT2D eigenvalue weighted by Gasteiger charge is 2.37. The topological polar surface area (TPSA) is 64.8 Å². The van der Waals surface area contributed by atoms with Crippen molar-refractivity contribution >= 4 is 5.84 Å². The van der Waals surface area contributed by atoms with Gasteiger partial charge in [0.15, 0.2) is 5.84 Å². The minimum Gasteiger partial charge on any atom is -0.375 e. The molecule has 0 bridgehead atoms. The van der Waals surface area contributed by atoms with Gasteiger partial charge in [-0.3, -0.25) is 0 Å². The average molecular weight is 250 g/mol. The van der Waals surface area contributed by atoms with Crippen molar-refractivity contribution in [2.24, 2.45) is 15.4 Å². The van der Waals surface area contributed by atoms with E-state index in [1.165, 1.54) is 0 Å². The molecular formula is C11H18N6O. The highest BCUT2D eigenvalue weighted by molar-refractivity contribution is 5.93. The van der Waals surface area contributed by atoms with Gasteiger partial charge in [-0.2, -0.15) is 10.7 Å². The Bertz CT molecular complexity index is 420. The molecular weight excluding hydrogens is 232 g/mol. The average Bonchev–Trinajstić information content (AvgIpc) is 2.79. The number of hydrogen-bond acceptors (Lipinski definition) is 7. The summed E-state index contributed by atoms with van der Waals surface area (Å²) in [4.78, 5) is 2.24. The maximum Gasteiger partial charge on any atom is 0.208 e. The molecule has 3 aliphatic rings. The number of morpholine rings is 1. The lowest BCUT2D eigenvalue weighted by Crippen LogP contribution is -2.50. The van der Waals surface area contributed by atoms with Gasteiger partial charge < -0.3 is 9.64 Å². The van der Waals surface area contributed by atoms with Gasteiger partial charge in [0.25, 0.3) is 0 Å². The Hall–Kier alpha value is -1.63. The molecule has 0 aromatic rings. The second-order valence-corrected chi connectivity index (χ2v) is 4.84. The molecule has 7 nitrogen and oxygen atoms in total. The summed E-state index contributed by atoms with van der Waals surface area (Å²) in [5.74, 6) is 0.939. The molecule has 98 valence electrons. The third-order valence-electron chi connectivity index (χ3n) is 3.49. The van der Waals surface area contributed by atoms with Gasteiger partial charge in [-0.25, -0.2) is 0 Å². The van der Waals surface area contributed by atoms with Crippen LogP contribution in [-0.4, -0.2) is 47.3 Å². The molecule has 2 atom stereocenters. The largest absolute Gasteiger partial charge is 0.375 e. The van der Waals surface area contributed by atoms with E-state index >= 15 is 0 Å². The van der Waals surface area contributed by atoms with E-state index < -0.39 is 5.66 Å². The normalized spacial score (nSPS) is 34.3. The summed E-state index contributed by atoms with van der Waals surface area (Å²) < 4.78 is 5.67. The van der Waals surface area contributed by atoms with E-state index in [2.05, 4.69) is 32.8 Å². The molecule has 2 unspecified atom stereocenters. The number of rotatable bonds is 1. The standard InChI is InChI=1S/C11H18N6O/c1-3-9-8-16(6-7-18-9)10-4-5-11(2)13-14-15-17(11)12-10/h4-5,9H,3,6-8H2,1-2H3,(H,13,15). The van der Waals surface area contributed by atoms with E-state index in [9.17, 15) is 0 Å². The van der Waals surface area contributed by atoms with E-state index in [1.807, 2.05) is 19.1 Å². The number of fused-ring (bicyclic) bond motifs is 1. The highest BCUT2D eigenvalue weighted by atomic mass is 16.5. The SMILES string of the molecule is CCC1CN(C2=NN3NN=NC3(C)C=C2)CCO1. The van der Waals surface area contributed by atoms with E-state index in [0.717, 1.165) is 32.0 Å². The Morgan fingerprint density at radius 1 is 1.61 bits per heavy atom. The number of hydrazone groups is 1. The predicted molar refractivity (Wildman–Crippen MR) is 66.4 cm³/mol. The van der Waals surface area contributed by atoms with Crippen LogP contribution in [0.15, 0.2) is 27.6 Å². The molecule has 0 aromatic carbocycles. The Morgan fingerprint density at radius 3 is 3.33 bits per heavy atom. The van der Waals surface area contributed by atoms with Gasteiger partial charge in [0.1, 0.15) is 0 Å². The summed E-state index contributed by atoms with van der Waals surface area (Å²) in [6, 6.07) is 0. The second-order valence-electron chi connectivity index (χ2n) is 4.84. The Balaban J connectivity index is 1.74. The van der Waals surface area contributed by atoms with E-state index in [4.69, 9.17) is 4.74 Å². The molecule has 3 heterocycles. The second kappa shape index (κ2) is 4.24. The van der Waals surface area contributed by atoms with Crippen molar-refractivity contribution in [2.75, 3.05) is 19.7 Å². The van der Waals surface area contributed by atoms with Crippen molar-refractivity contribution in [3.63, 3.8) is 0 Å². The number of nitrogens with zero attached hydrogens (tertiary/aromatic N) is 5. The van der Waals surface area contributed by atoms with Crippen LogP contribution in [0.5, 0.6) is 0 Å². The molecule has 1 saturated heterocycles. The minimum absolute atomic E-state index is 0.295. The molecule has 7 heteroatoms. The molecule has 18 heavy (non-hydrogen) atoms. The van der Waals surface area contributed by atoms with Crippen LogP contribution in [0.2, 0.25) is 0 Å². The van der Waals surface area contributed by atoms with Crippen LogP contribution in [0.3, 0.4) is 0 Å². The van der Waals surface area contributed by atoms with Crippen molar-refractivity contribution in [3.05, 3.63) is 12.2 Å². The first-order chi connectivity index (χ1) is 8.71. The fraction of sp³-hybridized carbons (Fsp3) is 0.727. The molecule has 0 spiro atoms. The summed E-state index contributed by atoms with van der Waals surface area (Å²) in [7, 11) is 0. The van der Waals surface area contributed by atoms with E-state index in [1.54, 1.807) is 5.12 Å². The third-order valence-corrected chi connectivity index (χ3v) is 3.49. The fourth-order valence-corrected chi connectivity index (χ4v) is 2.25. The fourth-order valence-electron chi connectivity index (χ4n) is 2.25. The van der Waals surface area contributed by atoms with Crippen LogP contribution in [0.1, 0.15) is 20.3 Å². The molecule has 0 aliphatic carbocycles. The molecule has 3 aliphatic heterocycles. The molecule has 0 saturated carbocycles. The molecule has 1 fully saturated rings. The van der Waals surface area contributed by atoms with Gasteiger partial charge >= 0.3 is 0 Å². The molecule has 3 rings (SSSR count). The van der Waals surface area contributed by atoms with Crippen LogP contribution in [0, 0.1) is 0 Å². The summed E-state index contributed by atoms with van der Waals surface area (Å²) in [6.07, 6.45) is 5.34. The summed E-state index contributed by atoms with van der Waals surface area (Å²) >= 11 is 0. The lowest BCUT2D eigenvalue weighted by molar-refractivity contribution is -0.00813. The number of ether oxygens (including phenoxy) is 1. The summed E-state index contributed by atoms with van der Waals surface area (Å²) in [5, 5.41) is 14.1. The van der Waals surface area contributed by atoms with Crippen LogP contribution >= 0.6 is 0 Å². The number of hydrogen-bond donors (Lipinski definition) is 1. The third kappa shape index (κ3) is 1.84. The first-order valence-electron chi connectivity index (χ1n) is 6.33. The van der Waals surface area contributed by atoms with Gasteiger partial charge in [-0.05, 0) is 25.5 Å². The van der Waals surface area contributed by atoms with E-state index in [-0.39, 0.29) is 0 Å². The van der Waals surface area contributed by atoms with Gasteiger partial charge in [0, 0.05) is 13.1 Å². The van der Waals surface area contributed by atoms with Crippen LogP contribution in [-0.2, 0) is 4.74 Å². The number of hydrazine groups is 1. The van der Waals surface area contributed by atoms with Crippen LogP contribution in [0.4, 0.5) is 0 Å². The van der Waals surface area contributed by atoms with Crippen molar-refractivity contribution in [1.82, 2.24) is 15.6 Å². The van der Waals surface area contributed by atoms with Gasteiger partial charge in [-0.1, -0.05) is 12.1 Å². The van der Waals surface area contributed by atoms with E-state index in [0.29, 0.717) is 6.10 Å². The Kier molecular flexibility index (Phi) is 2.70. The first-order valence-corrected chi connectivity index (χ1v) is 6.33. The maximum atomic E-state index is 5.67. The van der Waals surface area contributed by atoms with Crippen LogP contribution in [0.25, 0.3) is 0 Å². The molecule has 1 N–H and O–H groups in total. The van der Waals surface area contributed by atoms with Crippen molar-refractivity contribution in [1.29, 1.82) is 0 Å². The maximum absolute atomic E-state index is 5.67. The van der Waals surface area contributed by atoms with Crippen molar-refractivity contribution in [2.45, 2.75) is 32.0 Å². The smallest absolute Gasteiger partial charge is 0.208 e. The van der Waals surface area contributed by atoms with Crippen LogP contribution < -0.4 is 5.53 Å². The quantitative estimate of drug-likeness (QED) is 0.750. The number of amidine groups is 1. The Morgan fingerprint density at radius 2 is 2.50 bits per heavy atom. The van der Waals surface area contributed by atoms with Gasteiger partial charge in [0.2, 0.25) is 5.66 Å². The summed E-state index contributed by atoms with van der Waals surface area (Å²) in [6.45, 7) is 6.62. The zero-order valence-electron chi connectivity index (χ0n) is 10.7. The van der Waals surface area contributed by atoms with Gasteiger partial charge in [-0.15, -0.1) is 10.2 Å². The highest BCUT2D eigenvalue weighted by Crippen LogP contribution is 2.26. The zero-order chi connectivity index (χ0) is 12.6. The summed E-state index contributed by atoms with van der Waals surface area (Å²) in [5.41, 5.74) is 2.30. The van der Waals surface area contributed by atoms with Crippen molar-refractivity contribution < 1.29 is 4.74 Å². The minimum atomic E-state index is -0.486. The molecule has 0 aromatic heterocycles. The monoisotopic (exact) mass is 250 g/mol. The van der Waals surface area contributed by atoms with Crippen molar-refractivity contribution in [3.8, 4) is 0 Å². The first kappa shape index (κ1) is 11.5. The lowest BCUT2D eigenvalue weighted by Gasteiger charge is -2.36. The predicted octanol–water partition coefficient (Wildman–Crippen LogP) is 0.884. The molecule has 0 radical (unpaired) electrons. The van der Waals surface area contributed by atoms with Gasteiger partial charge in [0.05, 0.1) is 12.7 Å². The number of nitrogens with one attached hydrogen (secondary N) is 1.